The molecule has 0 aromatic heterocycles. The summed E-state index contributed by atoms with van der Waals surface area (Å²) in [6.07, 6.45) is 0. The lowest BCUT2D eigenvalue weighted by molar-refractivity contribution is 0.0785. The predicted molar refractivity (Wildman–Crippen MR) is 95.7 cm³/mol. The second-order valence-electron chi connectivity index (χ2n) is 5.56. The summed E-state index contributed by atoms with van der Waals surface area (Å²) in [6, 6.07) is 15.6. The Balaban J connectivity index is 2.04. The van der Waals surface area contributed by atoms with E-state index in [4.69, 9.17) is 4.74 Å². The zero-order chi connectivity index (χ0) is 18.3. The van der Waals surface area contributed by atoms with E-state index in [1.54, 1.807) is 11.9 Å². The zero-order valence-corrected chi connectivity index (χ0v) is 15.1. The maximum atomic E-state index is 12.5. The zero-order valence-electron chi connectivity index (χ0n) is 14.3. The normalized spacial score (nSPS) is 11.3. The average Bonchev–Trinajstić information content (AvgIpc) is 2.62. The summed E-state index contributed by atoms with van der Waals surface area (Å²) in [7, 11) is -0.383. The maximum Gasteiger partial charge on any atom is 0.253 e. The molecule has 0 unspecified atom stereocenters. The predicted octanol–water partition coefficient (Wildman–Crippen LogP) is 1.88. The molecule has 1 N–H and O–H groups in total. The summed E-state index contributed by atoms with van der Waals surface area (Å²) in [5.41, 5.74) is 1.47. The van der Waals surface area contributed by atoms with Gasteiger partial charge in [-0.2, -0.15) is 0 Å². The quantitative estimate of drug-likeness (QED) is 0.728. The summed E-state index contributed by atoms with van der Waals surface area (Å²) >= 11 is 0. The minimum absolute atomic E-state index is 0.117. The van der Waals surface area contributed by atoms with Gasteiger partial charge in [0.25, 0.3) is 5.91 Å². The number of ether oxygens (including phenoxy) is 1. The molecule has 0 aliphatic carbocycles. The van der Waals surface area contributed by atoms with Gasteiger partial charge in [0.05, 0.1) is 11.5 Å². The van der Waals surface area contributed by atoms with Crippen molar-refractivity contribution in [2.75, 3.05) is 27.3 Å². The number of rotatable bonds is 8. The van der Waals surface area contributed by atoms with E-state index in [2.05, 4.69) is 4.72 Å². The van der Waals surface area contributed by atoms with Crippen LogP contribution in [0.5, 0.6) is 0 Å². The lowest BCUT2D eigenvalue weighted by Crippen LogP contribution is -2.28. The van der Waals surface area contributed by atoms with Gasteiger partial charge in [-0.05, 0) is 29.8 Å². The molecule has 2 rings (SSSR count). The fraction of sp³-hybridized carbons (Fsp3) is 0.278. The SMILES string of the molecule is COCCNS(=O)(=O)c1ccc(C(=O)N(C)Cc2ccccc2)cc1. The Kier molecular flexibility index (Phi) is 6.69. The molecule has 0 aliphatic rings. The average molecular weight is 362 g/mol. The highest BCUT2D eigenvalue weighted by atomic mass is 32.2. The highest BCUT2D eigenvalue weighted by Gasteiger charge is 2.16. The largest absolute Gasteiger partial charge is 0.383 e. The molecule has 0 saturated carbocycles. The fourth-order valence-corrected chi connectivity index (χ4v) is 3.30. The van der Waals surface area contributed by atoms with Gasteiger partial charge in [0, 0.05) is 32.8 Å². The van der Waals surface area contributed by atoms with Crippen molar-refractivity contribution in [3.8, 4) is 0 Å². The van der Waals surface area contributed by atoms with Crippen LogP contribution >= 0.6 is 0 Å². The lowest BCUT2D eigenvalue weighted by atomic mass is 10.1. The molecule has 1 amide bonds. The van der Waals surface area contributed by atoms with E-state index in [-0.39, 0.29) is 17.3 Å². The molecular weight excluding hydrogens is 340 g/mol. The number of benzene rings is 2. The molecule has 0 aliphatic heterocycles. The number of nitrogens with one attached hydrogen (secondary N) is 1. The fourth-order valence-electron chi connectivity index (χ4n) is 2.29. The van der Waals surface area contributed by atoms with E-state index in [9.17, 15) is 13.2 Å². The van der Waals surface area contributed by atoms with Gasteiger partial charge in [-0.25, -0.2) is 13.1 Å². The Labute approximate surface area is 148 Å². The van der Waals surface area contributed by atoms with Crippen molar-refractivity contribution in [3.05, 3.63) is 65.7 Å². The van der Waals surface area contributed by atoms with Gasteiger partial charge < -0.3 is 9.64 Å². The minimum Gasteiger partial charge on any atom is -0.383 e. The van der Waals surface area contributed by atoms with Crippen LogP contribution in [-0.4, -0.2) is 46.5 Å². The number of hydrogen-bond acceptors (Lipinski definition) is 4. The van der Waals surface area contributed by atoms with Crippen LogP contribution in [0, 0.1) is 0 Å². The third-order valence-electron chi connectivity index (χ3n) is 3.62. The molecular formula is C18H22N2O4S. The number of amides is 1. The van der Waals surface area contributed by atoms with Gasteiger partial charge in [-0.3, -0.25) is 4.79 Å². The Morgan fingerprint density at radius 2 is 1.72 bits per heavy atom. The summed E-state index contributed by atoms with van der Waals surface area (Å²) in [4.78, 5) is 14.2. The van der Waals surface area contributed by atoms with Crippen molar-refractivity contribution in [1.29, 1.82) is 0 Å². The maximum absolute atomic E-state index is 12.5. The Morgan fingerprint density at radius 1 is 1.08 bits per heavy atom. The summed E-state index contributed by atoms with van der Waals surface area (Å²) in [5.74, 6) is -0.167. The van der Waals surface area contributed by atoms with Crippen LogP contribution < -0.4 is 4.72 Å². The van der Waals surface area contributed by atoms with Crippen molar-refractivity contribution in [2.24, 2.45) is 0 Å². The van der Waals surface area contributed by atoms with E-state index in [1.165, 1.54) is 31.4 Å². The van der Waals surface area contributed by atoms with Crippen molar-refractivity contribution in [3.63, 3.8) is 0 Å². The second-order valence-corrected chi connectivity index (χ2v) is 7.33. The number of nitrogens with zero attached hydrogens (tertiary/aromatic N) is 1. The molecule has 2 aromatic carbocycles. The van der Waals surface area contributed by atoms with Crippen LogP contribution in [0.3, 0.4) is 0 Å². The first-order valence-corrected chi connectivity index (χ1v) is 9.30. The first-order chi connectivity index (χ1) is 11.9. The van der Waals surface area contributed by atoms with E-state index in [0.29, 0.717) is 18.7 Å². The van der Waals surface area contributed by atoms with E-state index >= 15 is 0 Å². The topological polar surface area (TPSA) is 75.7 Å². The lowest BCUT2D eigenvalue weighted by Gasteiger charge is -2.17. The summed E-state index contributed by atoms with van der Waals surface area (Å²) in [5, 5.41) is 0. The molecule has 0 radical (unpaired) electrons. The number of carbonyl (C=O) groups excluding carboxylic acids is 1. The monoisotopic (exact) mass is 362 g/mol. The molecule has 2 aromatic rings. The Bertz CT molecular complexity index is 790. The van der Waals surface area contributed by atoms with Crippen molar-refractivity contribution in [2.45, 2.75) is 11.4 Å². The standard InChI is InChI=1S/C18H22N2O4S/c1-20(14-15-6-4-3-5-7-15)18(21)16-8-10-17(11-9-16)25(22,23)19-12-13-24-2/h3-11,19H,12-14H2,1-2H3. The molecule has 0 bridgehead atoms. The van der Waals surface area contributed by atoms with Crippen molar-refractivity contribution < 1.29 is 17.9 Å². The second kappa shape index (κ2) is 8.75. The van der Waals surface area contributed by atoms with Crippen LogP contribution in [0.25, 0.3) is 0 Å². The van der Waals surface area contributed by atoms with Gasteiger partial charge in [-0.1, -0.05) is 30.3 Å². The summed E-state index contributed by atoms with van der Waals surface area (Å²) < 4.78 is 31.5. The smallest absolute Gasteiger partial charge is 0.253 e. The van der Waals surface area contributed by atoms with Gasteiger partial charge in [-0.15, -0.1) is 0 Å². The van der Waals surface area contributed by atoms with Crippen LogP contribution in [0.15, 0.2) is 59.5 Å². The van der Waals surface area contributed by atoms with Gasteiger partial charge in [0.15, 0.2) is 0 Å². The summed E-state index contributed by atoms with van der Waals surface area (Å²) in [6.45, 7) is 0.970. The molecule has 0 heterocycles. The molecule has 7 heteroatoms. The van der Waals surface area contributed by atoms with Crippen LogP contribution in [0.1, 0.15) is 15.9 Å². The molecule has 0 fully saturated rings. The van der Waals surface area contributed by atoms with E-state index in [1.807, 2.05) is 30.3 Å². The van der Waals surface area contributed by atoms with E-state index in [0.717, 1.165) is 5.56 Å². The number of methoxy groups -OCH3 is 1. The number of sulfonamides is 1. The Morgan fingerprint density at radius 3 is 2.32 bits per heavy atom. The van der Waals surface area contributed by atoms with Crippen LogP contribution in [0.4, 0.5) is 0 Å². The molecule has 0 saturated heterocycles. The van der Waals surface area contributed by atoms with E-state index < -0.39 is 10.0 Å². The van der Waals surface area contributed by atoms with Crippen molar-refractivity contribution >= 4 is 15.9 Å². The third kappa shape index (κ3) is 5.38. The molecule has 6 nitrogen and oxygen atoms in total. The first-order valence-electron chi connectivity index (χ1n) is 7.82. The molecule has 0 atom stereocenters. The number of hydrogen-bond donors (Lipinski definition) is 1. The Hall–Kier alpha value is -2.22. The number of carbonyl (C=O) groups is 1. The van der Waals surface area contributed by atoms with Crippen LogP contribution in [-0.2, 0) is 21.3 Å². The highest BCUT2D eigenvalue weighted by molar-refractivity contribution is 7.89. The highest BCUT2D eigenvalue weighted by Crippen LogP contribution is 2.13. The van der Waals surface area contributed by atoms with Gasteiger partial charge in [0.2, 0.25) is 10.0 Å². The minimum atomic E-state index is -3.60. The third-order valence-corrected chi connectivity index (χ3v) is 5.10. The molecule has 134 valence electrons. The van der Waals surface area contributed by atoms with Crippen LogP contribution in [0.2, 0.25) is 0 Å². The first kappa shape index (κ1) is 19.1. The molecule has 25 heavy (non-hydrogen) atoms. The van der Waals surface area contributed by atoms with Gasteiger partial charge in [0.1, 0.15) is 0 Å². The molecule has 0 spiro atoms. The van der Waals surface area contributed by atoms with Crippen molar-refractivity contribution in [1.82, 2.24) is 9.62 Å². The van der Waals surface area contributed by atoms with Gasteiger partial charge >= 0.3 is 0 Å².